The molecule has 24 heavy (non-hydrogen) atoms. The summed E-state index contributed by atoms with van der Waals surface area (Å²) in [6.07, 6.45) is 2.98. The molecule has 2 aromatic heterocycles. The molecule has 8 nitrogen and oxygen atoms in total. The Morgan fingerprint density at radius 3 is 2.92 bits per heavy atom. The van der Waals surface area contributed by atoms with Gasteiger partial charge < -0.3 is 15.2 Å². The molecule has 2 aliphatic rings. The Morgan fingerprint density at radius 1 is 1.29 bits per heavy atom. The number of fused-ring (bicyclic) bond motifs is 2. The van der Waals surface area contributed by atoms with Gasteiger partial charge in [0, 0.05) is 5.75 Å². The molecule has 3 atom stereocenters. The molecule has 0 spiro atoms. The molecule has 2 aromatic rings. The smallest absolute Gasteiger partial charge is 0.191 e. The fourth-order valence-corrected chi connectivity index (χ4v) is 4.19. The van der Waals surface area contributed by atoms with Crippen LogP contribution in [0.5, 0.6) is 0 Å². The number of hydrogen-bond acceptors (Lipinski definition) is 8. The molecule has 2 N–H and O–H groups in total. The average Bonchev–Trinajstić information content (AvgIpc) is 3.17. The lowest BCUT2D eigenvalue weighted by molar-refractivity contribution is -0.155. The van der Waals surface area contributed by atoms with Crippen molar-refractivity contribution < 1.29 is 9.47 Å². The van der Waals surface area contributed by atoms with Gasteiger partial charge in [0.15, 0.2) is 27.9 Å². The van der Waals surface area contributed by atoms with Crippen molar-refractivity contribution in [2.75, 3.05) is 11.5 Å². The summed E-state index contributed by atoms with van der Waals surface area (Å²) in [6.45, 7) is 6.02. The van der Waals surface area contributed by atoms with Gasteiger partial charge in [0.05, 0.1) is 12.1 Å². The third-order valence-corrected chi connectivity index (χ3v) is 5.48. The summed E-state index contributed by atoms with van der Waals surface area (Å²) >= 11 is 1.60. The quantitative estimate of drug-likeness (QED) is 0.661. The summed E-state index contributed by atoms with van der Waals surface area (Å²) in [6, 6.07) is 0.0556. The van der Waals surface area contributed by atoms with Gasteiger partial charge in [0.25, 0.3) is 0 Å². The second-order valence-electron chi connectivity index (χ2n) is 6.73. The highest BCUT2D eigenvalue weighted by Crippen LogP contribution is 2.44. The van der Waals surface area contributed by atoms with Crippen molar-refractivity contribution in [2.24, 2.45) is 0 Å². The molecule has 4 rings (SSSR count). The number of nitrogen functional groups attached to an aromatic ring is 1. The van der Waals surface area contributed by atoms with Crippen LogP contribution in [-0.2, 0) is 9.47 Å². The van der Waals surface area contributed by atoms with Crippen LogP contribution in [0.2, 0.25) is 0 Å². The van der Waals surface area contributed by atoms with Crippen molar-refractivity contribution in [3.63, 3.8) is 0 Å². The highest BCUT2D eigenvalue weighted by Gasteiger charge is 2.50. The van der Waals surface area contributed by atoms with Crippen LogP contribution < -0.4 is 5.73 Å². The third-order valence-electron chi connectivity index (χ3n) is 4.43. The summed E-state index contributed by atoms with van der Waals surface area (Å²) in [7, 11) is 0. The second kappa shape index (κ2) is 5.82. The van der Waals surface area contributed by atoms with Crippen molar-refractivity contribution in [3.8, 4) is 0 Å². The van der Waals surface area contributed by atoms with Crippen LogP contribution in [-0.4, -0.2) is 48.7 Å². The van der Waals surface area contributed by atoms with Crippen LogP contribution in [0, 0.1) is 0 Å². The number of anilines is 1. The van der Waals surface area contributed by atoms with Gasteiger partial charge in [-0.2, -0.15) is 0 Å². The summed E-state index contributed by atoms with van der Waals surface area (Å²) < 4.78 is 13.9. The third kappa shape index (κ3) is 2.64. The minimum Gasteiger partial charge on any atom is -0.382 e. The Bertz CT molecular complexity index is 764. The minimum atomic E-state index is -0.555. The molecule has 3 heterocycles. The molecule has 1 aliphatic heterocycles. The van der Waals surface area contributed by atoms with Gasteiger partial charge >= 0.3 is 0 Å². The van der Waals surface area contributed by atoms with Gasteiger partial charge in [-0.15, -0.1) is 5.10 Å². The Hall–Kier alpha value is -1.45. The van der Waals surface area contributed by atoms with Crippen LogP contribution in [0.15, 0.2) is 5.16 Å². The Labute approximate surface area is 144 Å². The summed E-state index contributed by atoms with van der Waals surface area (Å²) in [5.74, 6) is 0.773. The van der Waals surface area contributed by atoms with E-state index in [4.69, 9.17) is 15.2 Å². The Morgan fingerprint density at radius 2 is 2.12 bits per heavy atom. The maximum absolute atomic E-state index is 6.09. The van der Waals surface area contributed by atoms with Crippen LogP contribution in [0.1, 0.15) is 46.1 Å². The van der Waals surface area contributed by atoms with E-state index >= 15 is 0 Å². The summed E-state index contributed by atoms with van der Waals surface area (Å²) in [5.41, 5.74) is 7.29. The van der Waals surface area contributed by atoms with Crippen molar-refractivity contribution in [1.29, 1.82) is 0 Å². The molecule has 1 aliphatic carbocycles. The fourth-order valence-electron chi connectivity index (χ4n) is 3.48. The molecule has 0 bridgehead atoms. The van der Waals surface area contributed by atoms with E-state index in [1.54, 1.807) is 11.8 Å². The molecule has 1 saturated carbocycles. The molecule has 130 valence electrons. The Kier molecular flexibility index (Phi) is 3.89. The van der Waals surface area contributed by atoms with Gasteiger partial charge in [-0.3, -0.25) is 0 Å². The summed E-state index contributed by atoms with van der Waals surface area (Å²) in [4.78, 5) is 8.97. The maximum Gasteiger partial charge on any atom is 0.191 e. The largest absolute Gasteiger partial charge is 0.382 e. The second-order valence-corrected chi connectivity index (χ2v) is 7.79. The van der Waals surface area contributed by atoms with Crippen molar-refractivity contribution in [1.82, 2.24) is 25.0 Å². The van der Waals surface area contributed by atoms with E-state index in [1.807, 2.05) is 18.5 Å². The zero-order valence-electron chi connectivity index (χ0n) is 14.1. The average molecular weight is 350 g/mol. The monoisotopic (exact) mass is 350 g/mol. The van der Waals surface area contributed by atoms with E-state index in [9.17, 15) is 0 Å². The van der Waals surface area contributed by atoms with E-state index in [-0.39, 0.29) is 18.2 Å². The van der Waals surface area contributed by atoms with Crippen molar-refractivity contribution in [3.05, 3.63) is 0 Å². The molecule has 2 fully saturated rings. The van der Waals surface area contributed by atoms with Gasteiger partial charge in [-0.05, 0) is 33.1 Å². The zero-order valence-corrected chi connectivity index (χ0v) is 14.9. The lowest BCUT2D eigenvalue weighted by atomic mass is 10.2. The molecule has 9 heteroatoms. The standard InChI is InChI=1S/C15H22N6O2S/c1-4-7-24-14-17-12(16)10-13(18-14)21(20-19-10)8-5-6-9-11(8)23-15(2,3)22-9/h8-9,11H,4-7H2,1-3H3,(H2,16,17,18)/t8-,9?,11+/m1/s1. The highest BCUT2D eigenvalue weighted by molar-refractivity contribution is 7.99. The lowest BCUT2D eigenvalue weighted by Gasteiger charge is -2.21. The molecule has 0 amide bonds. The Balaban J connectivity index is 1.70. The van der Waals surface area contributed by atoms with Crippen LogP contribution in [0.4, 0.5) is 5.82 Å². The van der Waals surface area contributed by atoms with E-state index in [2.05, 4.69) is 27.2 Å². The number of aromatic nitrogens is 5. The number of hydrogen-bond donors (Lipinski definition) is 1. The minimum absolute atomic E-state index is 0.0344. The van der Waals surface area contributed by atoms with E-state index in [0.29, 0.717) is 22.1 Å². The first-order valence-electron chi connectivity index (χ1n) is 8.35. The molecule has 1 unspecified atom stereocenters. The van der Waals surface area contributed by atoms with Crippen LogP contribution >= 0.6 is 11.8 Å². The maximum atomic E-state index is 6.09. The molecule has 1 saturated heterocycles. The number of ether oxygens (including phenoxy) is 2. The zero-order chi connectivity index (χ0) is 16.9. The predicted molar refractivity (Wildman–Crippen MR) is 90.6 cm³/mol. The predicted octanol–water partition coefficient (Wildman–Crippen LogP) is 2.16. The van der Waals surface area contributed by atoms with E-state index in [0.717, 1.165) is 25.0 Å². The molecule has 0 aromatic carbocycles. The molecular weight excluding hydrogens is 328 g/mol. The number of nitrogens with two attached hydrogens (primary N) is 1. The van der Waals surface area contributed by atoms with E-state index in [1.165, 1.54) is 0 Å². The molecule has 0 radical (unpaired) electrons. The topological polar surface area (TPSA) is 101 Å². The SMILES string of the molecule is CCCSc1nc(N)c2nnn([C@@H]3CCC4OC(C)(C)O[C@H]43)c2n1. The first-order chi connectivity index (χ1) is 11.5. The number of rotatable bonds is 4. The normalized spacial score (nSPS) is 28.5. The van der Waals surface area contributed by atoms with Gasteiger partial charge in [-0.1, -0.05) is 23.9 Å². The van der Waals surface area contributed by atoms with Crippen molar-refractivity contribution >= 4 is 28.7 Å². The fraction of sp³-hybridized carbons (Fsp3) is 0.733. The van der Waals surface area contributed by atoms with Crippen molar-refractivity contribution in [2.45, 2.75) is 69.2 Å². The van der Waals surface area contributed by atoms with Crippen LogP contribution in [0.25, 0.3) is 11.2 Å². The van der Waals surface area contributed by atoms with Gasteiger partial charge in [0.1, 0.15) is 6.10 Å². The summed E-state index contributed by atoms with van der Waals surface area (Å²) in [5, 5.41) is 9.17. The number of nitrogens with zero attached hydrogens (tertiary/aromatic N) is 5. The van der Waals surface area contributed by atoms with Gasteiger partial charge in [-0.25, -0.2) is 14.6 Å². The van der Waals surface area contributed by atoms with E-state index < -0.39 is 5.79 Å². The molecular formula is C15H22N6O2S. The lowest BCUT2D eigenvalue weighted by Crippen LogP contribution is -2.28. The first-order valence-corrected chi connectivity index (χ1v) is 9.34. The highest BCUT2D eigenvalue weighted by atomic mass is 32.2. The first kappa shape index (κ1) is 16.0. The van der Waals surface area contributed by atoms with Gasteiger partial charge in [0.2, 0.25) is 0 Å². The van der Waals surface area contributed by atoms with Crippen LogP contribution in [0.3, 0.4) is 0 Å². The number of thioether (sulfide) groups is 1.